The van der Waals surface area contributed by atoms with Crippen molar-refractivity contribution in [1.29, 1.82) is 0 Å². The first-order valence-corrected chi connectivity index (χ1v) is 7.56. The van der Waals surface area contributed by atoms with Gasteiger partial charge in [-0.2, -0.15) is 0 Å². The van der Waals surface area contributed by atoms with Crippen molar-refractivity contribution in [3.63, 3.8) is 0 Å². The third-order valence-corrected chi connectivity index (χ3v) is 4.42. The molecule has 2 heterocycles. The van der Waals surface area contributed by atoms with Crippen molar-refractivity contribution < 1.29 is 4.79 Å². The van der Waals surface area contributed by atoms with E-state index in [1.54, 1.807) is 0 Å². The lowest BCUT2D eigenvalue weighted by Gasteiger charge is -2.31. The van der Waals surface area contributed by atoms with E-state index in [-0.39, 0.29) is 18.3 Å². The molecule has 1 amide bonds. The van der Waals surface area contributed by atoms with Gasteiger partial charge >= 0.3 is 0 Å². The molecule has 0 spiro atoms. The van der Waals surface area contributed by atoms with Crippen LogP contribution in [-0.4, -0.2) is 35.4 Å². The topological polar surface area (TPSA) is 59.2 Å². The Hall–Kier alpha value is -0.650. The molecule has 0 aromatic carbocycles. The van der Waals surface area contributed by atoms with Gasteiger partial charge in [0, 0.05) is 24.9 Å². The summed E-state index contributed by atoms with van der Waals surface area (Å²) in [7, 11) is 0. The van der Waals surface area contributed by atoms with Gasteiger partial charge in [-0.15, -0.1) is 23.7 Å². The van der Waals surface area contributed by atoms with E-state index >= 15 is 0 Å². The second kappa shape index (κ2) is 7.82. The molecule has 108 valence electrons. The van der Waals surface area contributed by atoms with Crippen molar-refractivity contribution in [3.8, 4) is 0 Å². The fourth-order valence-electron chi connectivity index (χ4n) is 2.39. The first kappa shape index (κ1) is 16.4. The molecule has 1 fully saturated rings. The molecule has 1 unspecified atom stereocenters. The van der Waals surface area contributed by atoms with Crippen LogP contribution in [0.4, 0.5) is 0 Å². The van der Waals surface area contributed by atoms with E-state index in [1.807, 2.05) is 10.3 Å². The zero-order valence-corrected chi connectivity index (χ0v) is 12.9. The molecule has 0 aliphatic carbocycles. The van der Waals surface area contributed by atoms with E-state index in [2.05, 4.69) is 11.9 Å². The summed E-state index contributed by atoms with van der Waals surface area (Å²) >= 11 is 1.53. The summed E-state index contributed by atoms with van der Waals surface area (Å²) in [6.07, 6.45) is 4.27. The maximum absolute atomic E-state index is 12.3. The molecule has 19 heavy (non-hydrogen) atoms. The fourth-order valence-corrected chi connectivity index (χ4v) is 3.18. The molecule has 1 aliphatic rings. The number of rotatable bonds is 4. The van der Waals surface area contributed by atoms with E-state index in [9.17, 15) is 4.79 Å². The molecule has 1 atom stereocenters. The highest BCUT2D eigenvalue weighted by Crippen LogP contribution is 2.21. The number of amides is 1. The number of aromatic nitrogens is 1. The van der Waals surface area contributed by atoms with E-state index in [0.29, 0.717) is 18.2 Å². The molecule has 0 radical (unpaired) electrons. The number of hydrogen-bond acceptors (Lipinski definition) is 4. The number of piperidine rings is 1. The van der Waals surface area contributed by atoms with Crippen molar-refractivity contribution in [2.24, 2.45) is 11.7 Å². The number of nitrogens with zero attached hydrogens (tertiary/aromatic N) is 2. The van der Waals surface area contributed by atoms with Crippen LogP contribution in [0.3, 0.4) is 0 Å². The molecule has 1 aromatic heterocycles. The number of halogens is 1. The summed E-state index contributed by atoms with van der Waals surface area (Å²) in [5.41, 5.74) is 6.09. The second-order valence-corrected chi connectivity index (χ2v) is 5.78. The Morgan fingerprint density at radius 1 is 1.63 bits per heavy atom. The summed E-state index contributed by atoms with van der Waals surface area (Å²) in [5, 5.41) is 2.83. The summed E-state index contributed by atoms with van der Waals surface area (Å²) in [4.78, 5) is 18.6. The van der Waals surface area contributed by atoms with E-state index in [0.717, 1.165) is 37.4 Å². The Labute approximate surface area is 124 Å². The minimum Gasteiger partial charge on any atom is -0.337 e. The Kier molecular flexibility index (Phi) is 6.75. The van der Waals surface area contributed by atoms with Crippen LogP contribution in [0.15, 0.2) is 5.38 Å². The molecule has 4 nitrogen and oxygen atoms in total. The second-order valence-electron chi connectivity index (χ2n) is 4.83. The number of carbonyl (C=O) groups excluding carboxylic acids is 1. The van der Waals surface area contributed by atoms with Crippen molar-refractivity contribution >= 4 is 29.7 Å². The Bertz CT molecular complexity index is 410. The lowest BCUT2D eigenvalue weighted by atomic mass is 9.95. The largest absolute Gasteiger partial charge is 0.337 e. The van der Waals surface area contributed by atoms with Gasteiger partial charge in [0.25, 0.3) is 5.91 Å². The predicted octanol–water partition coefficient (Wildman–Crippen LogP) is 2.33. The van der Waals surface area contributed by atoms with Gasteiger partial charge in [0.1, 0.15) is 5.69 Å². The van der Waals surface area contributed by atoms with Gasteiger partial charge < -0.3 is 10.6 Å². The molecular weight excluding hydrogens is 282 g/mol. The highest BCUT2D eigenvalue weighted by atomic mass is 35.5. The third kappa shape index (κ3) is 4.16. The highest BCUT2D eigenvalue weighted by Gasteiger charge is 2.24. The molecular formula is C13H22ClN3OS. The lowest BCUT2D eigenvalue weighted by molar-refractivity contribution is 0.0666. The highest BCUT2D eigenvalue weighted by molar-refractivity contribution is 7.09. The average Bonchev–Trinajstić information content (AvgIpc) is 2.87. The predicted molar refractivity (Wildman–Crippen MR) is 81.0 cm³/mol. The lowest BCUT2D eigenvalue weighted by Crippen LogP contribution is -2.39. The molecule has 1 aliphatic heterocycles. The summed E-state index contributed by atoms with van der Waals surface area (Å²) in [5.74, 6) is 0.748. The van der Waals surface area contributed by atoms with Crippen molar-refractivity contribution in [3.05, 3.63) is 16.1 Å². The van der Waals surface area contributed by atoms with Gasteiger partial charge in [-0.05, 0) is 25.3 Å². The van der Waals surface area contributed by atoms with Crippen LogP contribution in [0.1, 0.15) is 41.7 Å². The van der Waals surface area contributed by atoms with Gasteiger partial charge in [0.05, 0.1) is 5.01 Å². The van der Waals surface area contributed by atoms with Crippen LogP contribution in [-0.2, 0) is 6.42 Å². The Morgan fingerprint density at radius 3 is 3.11 bits per heavy atom. The molecule has 0 saturated carbocycles. The fraction of sp³-hybridized carbons (Fsp3) is 0.692. The minimum atomic E-state index is 0. The first-order chi connectivity index (χ1) is 8.74. The monoisotopic (exact) mass is 303 g/mol. The minimum absolute atomic E-state index is 0. The van der Waals surface area contributed by atoms with Crippen LogP contribution in [0.5, 0.6) is 0 Å². The Morgan fingerprint density at radius 2 is 2.42 bits per heavy atom. The van der Waals surface area contributed by atoms with E-state index in [4.69, 9.17) is 5.73 Å². The van der Waals surface area contributed by atoms with E-state index < -0.39 is 0 Å². The molecule has 2 N–H and O–H groups in total. The van der Waals surface area contributed by atoms with Gasteiger partial charge in [-0.25, -0.2) is 4.98 Å². The average molecular weight is 304 g/mol. The molecule has 2 rings (SSSR count). The van der Waals surface area contributed by atoms with Gasteiger partial charge in [-0.1, -0.05) is 13.3 Å². The molecule has 0 bridgehead atoms. The standard InChI is InChI=1S/C13H21N3OS.ClH/c1-2-10-4-3-7-16(8-10)13(17)11-9-18-12(15-11)5-6-14;/h9-10H,2-8,14H2,1H3;1H. The quantitative estimate of drug-likeness (QED) is 0.928. The maximum Gasteiger partial charge on any atom is 0.273 e. The van der Waals surface area contributed by atoms with Crippen LogP contribution in [0.25, 0.3) is 0 Å². The summed E-state index contributed by atoms with van der Waals surface area (Å²) in [6, 6.07) is 0. The first-order valence-electron chi connectivity index (χ1n) is 6.68. The molecule has 1 saturated heterocycles. The van der Waals surface area contributed by atoms with Crippen LogP contribution in [0, 0.1) is 5.92 Å². The zero-order chi connectivity index (χ0) is 13.0. The smallest absolute Gasteiger partial charge is 0.273 e. The number of carbonyl (C=O) groups is 1. The van der Waals surface area contributed by atoms with Crippen molar-refractivity contribution in [2.45, 2.75) is 32.6 Å². The van der Waals surface area contributed by atoms with E-state index in [1.165, 1.54) is 17.8 Å². The number of nitrogens with two attached hydrogens (primary N) is 1. The van der Waals surface area contributed by atoms with Crippen LogP contribution in [0.2, 0.25) is 0 Å². The number of likely N-dealkylation sites (tertiary alicyclic amines) is 1. The maximum atomic E-state index is 12.3. The molecule has 6 heteroatoms. The SMILES string of the molecule is CCC1CCCN(C(=O)c2csc(CCN)n2)C1.Cl. The van der Waals surface area contributed by atoms with Crippen molar-refractivity contribution in [2.75, 3.05) is 19.6 Å². The third-order valence-electron chi connectivity index (χ3n) is 3.51. The van der Waals surface area contributed by atoms with Gasteiger partial charge in [-0.3, -0.25) is 4.79 Å². The summed E-state index contributed by atoms with van der Waals surface area (Å²) in [6.45, 7) is 4.54. The number of hydrogen-bond donors (Lipinski definition) is 1. The van der Waals surface area contributed by atoms with Crippen LogP contribution >= 0.6 is 23.7 Å². The molecule has 1 aromatic rings. The van der Waals surface area contributed by atoms with Gasteiger partial charge in [0.2, 0.25) is 0 Å². The summed E-state index contributed by atoms with van der Waals surface area (Å²) < 4.78 is 0. The van der Waals surface area contributed by atoms with Gasteiger partial charge in [0.15, 0.2) is 0 Å². The number of thiazole rings is 1. The Balaban J connectivity index is 0.00000180. The van der Waals surface area contributed by atoms with Crippen molar-refractivity contribution in [1.82, 2.24) is 9.88 Å². The van der Waals surface area contributed by atoms with Crippen LogP contribution < -0.4 is 5.73 Å². The normalized spacial score (nSPS) is 19.1. The zero-order valence-electron chi connectivity index (χ0n) is 11.3.